The molecule has 1 fully saturated rings. The Morgan fingerprint density at radius 2 is 1.71 bits per heavy atom. The molecule has 1 aliphatic carbocycles. The highest BCUT2D eigenvalue weighted by Gasteiger charge is 2.24. The van der Waals surface area contributed by atoms with E-state index in [1.54, 1.807) is 19.2 Å². The number of amides is 1. The Labute approximate surface area is 165 Å². The number of para-hydroxylation sites is 1. The van der Waals surface area contributed by atoms with Crippen LogP contribution in [-0.2, 0) is 13.1 Å². The zero-order valence-electron chi connectivity index (χ0n) is 16.2. The number of hydrogen-bond donors (Lipinski definition) is 1. The molecule has 1 aromatic heterocycles. The third-order valence-corrected chi connectivity index (χ3v) is 5.61. The highest BCUT2D eigenvalue weighted by Crippen LogP contribution is 2.29. The standard InChI is InChI=1S/C13H17N.C10H9NO3/c1-2-4-13(3-1)14-9-11-5-6-12(10-14)8-7-11;1-13-7-4-2-3-6-5-8(10(11)12)14-9(6)7/h5-8,13H,1-4,9-10H2;2-5H,1H3,(H2,11,12). The van der Waals surface area contributed by atoms with Crippen LogP contribution in [0.15, 0.2) is 52.9 Å². The number of rotatable bonds is 3. The summed E-state index contributed by atoms with van der Waals surface area (Å²) in [4.78, 5) is 13.5. The fraction of sp³-hybridized carbons (Fsp3) is 0.348. The van der Waals surface area contributed by atoms with Gasteiger partial charge in [0.15, 0.2) is 17.1 Å². The van der Waals surface area contributed by atoms with E-state index >= 15 is 0 Å². The molecule has 0 radical (unpaired) electrons. The highest BCUT2D eigenvalue weighted by molar-refractivity contribution is 5.96. The maximum Gasteiger partial charge on any atom is 0.284 e. The number of methoxy groups -OCH3 is 1. The Bertz CT molecular complexity index is 931. The summed E-state index contributed by atoms with van der Waals surface area (Å²) in [7, 11) is 1.54. The van der Waals surface area contributed by atoms with Gasteiger partial charge in [0.25, 0.3) is 5.91 Å². The van der Waals surface area contributed by atoms with Crippen molar-refractivity contribution in [2.24, 2.45) is 5.73 Å². The first-order valence-electron chi connectivity index (χ1n) is 9.82. The Morgan fingerprint density at radius 1 is 1.07 bits per heavy atom. The number of carbonyl (C=O) groups excluding carboxylic acids is 1. The minimum Gasteiger partial charge on any atom is -0.493 e. The SMILES string of the molecule is COc1cccc2cc(C(N)=O)oc12.c1cc2ccc1CN(C1CCCC1)C2. The van der Waals surface area contributed by atoms with E-state index in [1.165, 1.54) is 49.9 Å². The Kier molecular flexibility index (Phi) is 5.35. The van der Waals surface area contributed by atoms with Gasteiger partial charge in [-0.05, 0) is 36.1 Å². The van der Waals surface area contributed by atoms with Crippen molar-refractivity contribution in [3.05, 3.63) is 65.4 Å². The largest absolute Gasteiger partial charge is 0.493 e. The van der Waals surface area contributed by atoms with Crippen LogP contribution in [0.1, 0.15) is 47.4 Å². The maximum absolute atomic E-state index is 10.9. The molecule has 146 valence electrons. The van der Waals surface area contributed by atoms with Crippen LogP contribution in [0.4, 0.5) is 0 Å². The number of furan rings is 1. The van der Waals surface area contributed by atoms with Crippen molar-refractivity contribution in [2.75, 3.05) is 7.11 Å². The molecule has 1 saturated carbocycles. The van der Waals surface area contributed by atoms with Crippen molar-refractivity contribution in [3.8, 4) is 5.75 Å². The number of benzene rings is 2. The summed E-state index contributed by atoms with van der Waals surface area (Å²) in [5, 5.41) is 0.804. The highest BCUT2D eigenvalue weighted by atomic mass is 16.5. The fourth-order valence-electron chi connectivity index (χ4n) is 4.12. The second kappa shape index (κ2) is 8.07. The van der Waals surface area contributed by atoms with Crippen LogP contribution >= 0.6 is 0 Å². The number of nitrogens with zero attached hydrogens (tertiary/aromatic N) is 1. The molecule has 0 atom stereocenters. The van der Waals surface area contributed by atoms with E-state index in [1.807, 2.05) is 12.1 Å². The van der Waals surface area contributed by atoms with Crippen LogP contribution in [0.5, 0.6) is 5.75 Å². The second-order valence-electron chi connectivity index (χ2n) is 7.51. The summed E-state index contributed by atoms with van der Waals surface area (Å²) in [6.45, 7) is 2.34. The minimum atomic E-state index is -0.580. The quantitative estimate of drug-likeness (QED) is 0.729. The zero-order valence-corrected chi connectivity index (χ0v) is 16.2. The lowest BCUT2D eigenvalue weighted by molar-refractivity contribution is 0.0976. The third-order valence-electron chi connectivity index (χ3n) is 5.61. The molecule has 0 saturated heterocycles. The zero-order chi connectivity index (χ0) is 19.5. The molecule has 6 rings (SSSR count). The summed E-state index contributed by atoms with van der Waals surface area (Å²) in [6.07, 6.45) is 5.71. The van der Waals surface area contributed by atoms with Crippen LogP contribution in [0.2, 0.25) is 0 Å². The number of carbonyl (C=O) groups is 1. The molecule has 0 spiro atoms. The van der Waals surface area contributed by atoms with E-state index in [0.29, 0.717) is 11.3 Å². The van der Waals surface area contributed by atoms with E-state index < -0.39 is 5.91 Å². The molecule has 2 aliphatic heterocycles. The Balaban J connectivity index is 0.000000137. The lowest BCUT2D eigenvalue weighted by Crippen LogP contribution is -2.30. The van der Waals surface area contributed by atoms with Gasteiger partial charge in [-0.25, -0.2) is 0 Å². The van der Waals surface area contributed by atoms with Gasteiger partial charge >= 0.3 is 0 Å². The molecular formula is C23H26N2O3. The van der Waals surface area contributed by atoms with E-state index in [9.17, 15) is 4.79 Å². The first-order chi connectivity index (χ1) is 13.6. The van der Waals surface area contributed by atoms with Crippen LogP contribution in [0.3, 0.4) is 0 Å². The van der Waals surface area contributed by atoms with Gasteiger partial charge in [-0.3, -0.25) is 9.69 Å². The van der Waals surface area contributed by atoms with E-state index in [2.05, 4.69) is 29.2 Å². The van der Waals surface area contributed by atoms with Crippen LogP contribution in [-0.4, -0.2) is 24.0 Å². The summed E-state index contributed by atoms with van der Waals surface area (Å²) >= 11 is 0. The van der Waals surface area contributed by atoms with Crippen molar-refractivity contribution >= 4 is 16.9 Å². The normalized spacial score (nSPS) is 16.6. The fourth-order valence-corrected chi connectivity index (χ4v) is 4.12. The molecule has 5 nitrogen and oxygen atoms in total. The van der Waals surface area contributed by atoms with Gasteiger partial charge in [-0.15, -0.1) is 0 Å². The summed E-state index contributed by atoms with van der Waals surface area (Å²) < 4.78 is 10.3. The van der Waals surface area contributed by atoms with Crippen molar-refractivity contribution in [2.45, 2.75) is 44.8 Å². The predicted molar refractivity (Wildman–Crippen MR) is 109 cm³/mol. The van der Waals surface area contributed by atoms with Gasteiger partial charge < -0.3 is 14.9 Å². The van der Waals surface area contributed by atoms with Crippen LogP contribution in [0, 0.1) is 0 Å². The van der Waals surface area contributed by atoms with Crippen molar-refractivity contribution < 1.29 is 13.9 Å². The average Bonchev–Trinajstić information content (AvgIpc) is 3.31. The predicted octanol–water partition coefficient (Wildman–Crippen LogP) is 4.49. The van der Waals surface area contributed by atoms with Gasteiger partial charge in [0.1, 0.15) is 0 Å². The number of ether oxygens (including phenoxy) is 1. The molecular weight excluding hydrogens is 352 g/mol. The van der Waals surface area contributed by atoms with Crippen molar-refractivity contribution in [1.29, 1.82) is 0 Å². The van der Waals surface area contributed by atoms with Gasteiger partial charge in [-0.2, -0.15) is 0 Å². The molecule has 2 bridgehead atoms. The van der Waals surface area contributed by atoms with Crippen LogP contribution < -0.4 is 10.5 Å². The number of hydrogen-bond acceptors (Lipinski definition) is 4. The molecule has 1 amide bonds. The maximum atomic E-state index is 10.9. The third kappa shape index (κ3) is 3.90. The molecule has 2 N–H and O–H groups in total. The van der Waals surface area contributed by atoms with E-state index in [4.69, 9.17) is 14.9 Å². The van der Waals surface area contributed by atoms with Crippen LogP contribution in [0.25, 0.3) is 11.0 Å². The van der Waals surface area contributed by atoms with Crippen molar-refractivity contribution in [3.63, 3.8) is 0 Å². The Morgan fingerprint density at radius 3 is 2.29 bits per heavy atom. The van der Waals surface area contributed by atoms with Gasteiger partial charge in [0, 0.05) is 24.5 Å². The number of nitrogens with two attached hydrogens (primary N) is 1. The number of primary amides is 1. The number of fused-ring (bicyclic) bond motifs is 5. The lowest BCUT2D eigenvalue weighted by Gasteiger charge is -2.26. The second-order valence-corrected chi connectivity index (χ2v) is 7.51. The molecule has 3 heterocycles. The van der Waals surface area contributed by atoms with Gasteiger partial charge in [0.05, 0.1) is 7.11 Å². The van der Waals surface area contributed by atoms with Gasteiger partial charge in [-0.1, -0.05) is 49.2 Å². The minimum absolute atomic E-state index is 0.143. The molecule has 3 aromatic rings. The van der Waals surface area contributed by atoms with Crippen molar-refractivity contribution in [1.82, 2.24) is 4.90 Å². The molecule has 28 heavy (non-hydrogen) atoms. The molecule has 3 aliphatic rings. The first kappa shape index (κ1) is 18.6. The summed E-state index contributed by atoms with van der Waals surface area (Å²) in [5.74, 6) is 0.155. The summed E-state index contributed by atoms with van der Waals surface area (Å²) in [6, 6.07) is 17.0. The molecule has 0 unspecified atom stereocenters. The first-order valence-corrected chi connectivity index (χ1v) is 9.82. The van der Waals surface area contributed by atoms with E-state index in [-0.39, 0.29) is 5.76 Å². The average molecular weight is 378 g/mol. The topological polar surface area (TPSA) is 68.7 Å². The Hall–Kier alpha value is -2.79. The molecule has 2 aromatic carbocycles. The summed E-state index contributed by atoms with van der Waals surface area (Å²) in [5.41, 5.74) is 8.61. The lowest BCUT2D eigenvalue weighted by atomic mass is 10.2. The van der Waals surface area contributed by atoms with E-state index in [0.717, 1.165) is 11.4 Å². The molecule has 5 heteroatoms. The van der Waals surface area contributed by atoms with Gasteiger partial charge in [0.2, 0.25) is 0 Å². The monoisotopic (exact) mass is 378 g/mol. The smallest absolute Gasteiger partial charge is 0.284 e.